The molecule has 24 heavy (non-hydrogen) atoms. The van der Waals surface area contributed by atoms with Crippen molar-refractivity contribution >= 4 is 33.1 Å². The highest BCUT2D eigenvalue weighted by atomic mass is 32.2. The van der Waals surface area contributed by atoms with Gasteiger partial charge in [0.05, 0.1) is 5.75 Å². The van der Waals surface area contributed by atoms with Gasteiger partial charge in [0.1, 0.15) is 5.52 Å². The summed E-state index contributed by atoms with van der Waals surface area (Å²) in [4.78, 5) is 16.0. The smallest absolute Gasteiger partial charge is 0.244 e. The van der Waals surface area contributed by atoms with Crippen molar-refractivity contribution in [1.29, 1.82) is 0 Å². The Morgan fingerprint density at radius 1 is 1.38 bits per heavy atom. The molecule has 8 heteroatoms. The van der Waals surface area contributed by atoms with E-state index in [1.54, 1.807) is 13.0 Å². The van der Waals surface area contributed by atoms with Gasteiger partial charge in [-0.15, -0.1) is 0 Å². The number of nitrogens with one attached hydrogen (secondary N) is 1. The number of benzene rings is 1. The number of sulfonamides is 1. The Hall–Kier alpha value is -2.19. The minimum Gasteiger partial charge on any atom is -0.437 e. The number of fused-ring (bicyclic) bond motifs is 1. The van der Waals surface area contributed by atoms with Crippen LogP contribution >= 0.6 is 0 Å². The van der Waals surface area contributed by atoms with Crippen LogP contribution in [0, 0.1) is 0 Å². The number of carbonyl (C=O) groups is 1. The fourth-order valence-corrected chi connectivity index (χ4v) is 2.89. The molecule has 2 rings (SSSR count). The number of oxazole rings is 1. The van der Waals surface area contributed by atoms with Crippen LogP contribution in [0.25, 0.3) is 17.2 Å². The van der Waals surface area contributed by atoms with E-state index in [4.69, 9.17) is 4.42 Å². The van der Waals surface area contributed by atoms with E-state index in [9.17, 15) is 13.2 Å². The van der Waals surface area contributed by atoms with E-state index in [0.717, 1.165) is 5.52 Å². The molecule has 0 aliphatic heterocycles. The van der Waals surface area contributed by atoms with Gasteiger partial charge in [-0.25, -0.2) is 17.7 Å². The van der Waals surface area contributed by atoms with E-state index >= 15 is 0 Å². The molecular formula is C16H21N3O4S. The van der Waals surface area contributed by atoms with Crippen molar-refractivity contribution in [2.24, 2.45) is 0 Å². The number of aromatic nitrogens is 1. The highest BCUT2D eigenvalue weighted by molar-refractivity contribution is 7.89. The Labute approximate surface area is 141 Å². The Balaban J connectivity index is 1.77. The molecule has 0 aliphatic carbocycles. The highest BCUT2D eigenvalue weighted by Gasteiger charge is 2.13. The van der Waals surface area contributed by atoms with Gasteiger partial charge in [0.15, 0.2) is 5.58 Å². The maximum absolute atomic E-state index is 11.7. The zero-order valence-electron chi connectivity index (χ0n) is 13.7. The van der Waals surface area contributed by atoms with Gasteiger partial charge in [-0.3, -0.25) is 4.79 Å². The second kappa shape index (κ2) is 8.07. The molecule has 7 nitrogen and oxygen atoms in total. The second-order valence-corrected chi connectivity index (χ2v) is 7.58. The fourth-order valence-electron chi connectivity index (χ4n) is 2.04. The number of hydrogen-bond donors (Lipinski definition) is 1. The normalized spacial score (nSPS) is 12.3. The molecular weight excluding hydrogens is 330 g/mol. The van der Waals surface area contributed by atoms with E-state index in [1.165, 1.54) is 23.5 Å². The molecule has 0 atom stereocenters. The minimum atomic E-state index is -3.17. The number of hydrogen-bond acceptors (Lipinski definition) is 5. The van der Waals surface area contributed by atoms with Crippen LogP contribution in [0.15, 0.2) is 34.8 Å². The molecule has 0 radical (unpaired) electrons. The predicted octanol–water partition coefficient (Wildman–Crippen LogP) is 1.63. The van der Waals surface area contributed by atoms with Gasteiger partial charge in [0, 0.05) is 32.3 Å². The van der Waals surface area contributed by atoms with Crippen molar-refractivity contribution < 1.29 is 17.6 Å². The standard InChI is InChI=1S/C16H21N3O4S/c1-3-24(21,22)19(2)12-6-11-17-15(20)9-10-16-18-13-7-4-5-8-14(13)23-16/h4-5,7-10H,3,6,11-12H2,1-2H3,(H,17,20)/b10-9+. The van der Waals surface area contributed by atoms with Gasteiger partial charge in [0.2, 0.25) is 21.8 Å². The molecule has 0 fully saturated rings. The molecule has 1 aromatic heterocycles. The summed E-state index contributed by atoms with van der Waals surface area (Å²) in [7, 11) is -1.64. The summed E-state index contributed by atoms with van der Waals surface area (Å²) < 4.78 is 29.9. The average molecular weight is 351 g/mol. The lowest BCUT2D eigenvalue weighted by Gasteiger charge is -2.15. The Kier molecular flexibility index (Phi) is 6.10. The zero-order chi connectivity index (χ0) is 17.6. The molecule has 0 saturated heterocycles. The lowest BCUT2D eigenvalue weighted by molar-refractivity contribution is -0.116. The zero-order valence-corrected chi connectivity index (χ0v) is 14.5. The van der Waals surface area contributed by atoms with Crippen LogP contribution in [0.5, 0.6) is 0 Å². The maximum Gasteiger partial charge on any atom is 0.244 e. The largest absolute Gasteiger partial charge is 0.437 e. The van der Waals surface area contributed by atoms with Crippen molar-refractivity contribution in [2.45, 2.75) is 13.3 Å². The van der Waals surface area contributed by atoms with Crippen LogP contribution in [0.3, 0.4) is 0 Å². The number of nitrogens with zero attached hydrogens (tertiary/aromatic N) is 2. The van der Waals surface area contributed by atoms with E-state index in [1.807, 2.05) is 18.2 Å². The quantitative estimate of drug-likeness (QED) is 0.576. The van der Waals surface area contributed by atoms with Crippen molar-refractivity contribution in [3.8, 4) is 0 Å². The number of rotatable bonds is 8. The van der Waals surface area contributed by atoms with Crippen LogP contribution in [0.1, 0.15) is 19.2 Å². The first-order valence-corrected chi connectivity index (χ1v) is 9.29. The summed E-state index contributed by atoms with van der Waals surface area (Å²) in [5.41, 5.74) is 1.40. The van der Waals surface area contributed by atoms with E-state index in [2.05, 4.69) is 10.3 Å². The van der Waals surface area contributed by atoms with E-state index < -0.39 is 10.0 Å². The first kappa shape index (κ1) is 18.2. The van der Waals surface area contributed by atoms with Crippen LogP contribution in [0.2, 0.25) is 0 Å². The average Bonchev–Trinajstić information content (AvgIpc) is 2.99. The summed E-state index contributed by atoms with van der Waals surface area (Å²) in [6.45, 7) is 2.36. The monoisotopic (exact) mass is 351 g/mol. The minimum absolute atomic E-state index is 0.0725. The second-order valence-electron chi connectivity index (χ2n) is 5.22. The Bertz CT molecular complexity index is 794. The van der Waals surface area contributed by atoms with Crippen molar-refractivity contribution in [3.05, 3.63) is 36.2 Å². The van der Waals surface area contributed by atoms with Crippen molar-refractivity contribution in [2.75, 3.05) is 25.9 Å². The predicted molar refractivity (Wildman–Crippen MR) is 92.8 cm³/mol. The lowest BCUT2D eigenvalue weighted by Crippen LogP contribution is -2.32. The van der Waals surface area contributed by atoms with Crippen LogP contribution in [0.4, 0.5) is 0 Å². The third-order valence-corrected chi connectivity index (χ3v) is 5.34. The third-order valence-electron chi connectivity index (χ3n) is 3.48. The molecule has 0 unspecified atom stereocenters. The maximum atomic E-state index is 11.7. The van der Waals surface area contributed by atoms with E-state index in [0.29, 0.717) is 31.0 Å². The molecule has 1 aromatic carbocycles. The number of para-hydroxylation sites is 2. The Morgan fingerprint density at radius 3 is 2.83 bits per heavy atom. The molecule has 0 bridgehead atoms. The summed E-state index contributed by atoms with van der Waals surface area (Å²) in [6, 6.07) is 7.35. The molecule has 0 spiro atoms. The summed E-state index contributed by atoms with van der Waals surface area (Å²) in [6.07, 6.45) is 3.39. The lowest BCUT2D eigenvalue weighted by atomic mass is 10.3. The van der Waals surface area contributed by atoms with Gasteiger partial charge < -0.3 is 9.73 Å². The molecule has 0 aliphatic rings. The van der Waals surface area contributed by atoms with Crippen LogP contribution in [-0.4, -0.2) is 49.5 Å². The summed E-state index contributed by atoms with van der Waals surface area (Å²) in [5.74, 6) is 0.154. The number of carbonyl (C=O) groups excluding carboxylic acids is 1. The molecule has 0 saturated carbocycles. The van der Waals surface area contributed by atoms with E-state index in [-0.39, 0.29) is 11.7 Å². The third kappa shape index (κ3) is 4.90. The Morgan fingerprint density at radius 2 is 2.12 bits per heavy atom. The summed E-state index contributed by atoms with van der Waals surface area (Å²) >= 11 is 0. The molecule has 1 N–H and O–H groups in total. The molecule has 2 aromatic rings. The molecule has 1 heterocycles. The van der Waals surface area contributed by atoms with Crippen LogP contribution in [-0.2, 0) is 14.8 Å². The summed E-state index contributed by atoms with van der Waals surface area (Å²) in [5, 5.41) is 2.69. The van der Waals surface area contributed by atoms with Gasteiger partial charge in [0.25, 0.3) is 0 Å². The number of amides is 1. The topological polar surface area (TPSA) is 92.5 Å². The molecule has 130 valence electrons. The first-order chi connectivity index (χ1) is 11.4. The van der Waals surface area contributed by atoms with Crippen molar-refractivity contribution in [3.63, 3.8) is 0 Å². The van der Waals surface area contributed by atoms with Crippen LogP contribution < -0.4 is 5.32 Å². The fraction of sp³-hybridized carbons (Fsp3) is 0.375. The van der Waals surface area contributed by atoms with Gasteiger partial charge in [-0.05, 0) is 25.5 Å². The SMILES string of the molecule is CCS(=O)(=O)N(C)CCCNC(=O)/C=C/c1nc2ccccc2o1. The van der Waals surface area contributed by atoms with Crippen molar-refractivity contribution in [1.82, 2.24) is 14.6 Å². The van der Waals surface area contributed by atoms with Gasteiger partial charge in [-0.1, -0.05) is 12.1 Å². The van der Waals surface area contributed by atoms with Gasteiger partial charge >= 0.3 is 0 Å². The van der Waals surface area contributed by atoms with Gasteiger partial charge in [-0.2, -0.15) is 0 Å². The highest BCUT2D eigenvalue weighted by Crippen LogP contribution is 2.15. The molecule has 1 amide bonds. The first-order valence-electron chi connectivity index (χ1n) is 7.68.